The molecule has 0 radical (unpaired) electrons. The summed E-state index contributed by atoms with van der Waals surface area (Å²) in [4.78, 5) is 11.2. The van der Waals surface area contributed by atoms with Crippen molar-refractivity contribution in [2.75, 3.05) is 5.32 Å². The minimum atomic E-state index is -0.0551. The van der Waals surface area contributed by atoms with Crippen LogP contribution < -0.4 is 5.32 Å². The highest BCUT2D eigenvalue weighted by Crippen LogP contribution is 2.05. The molecule has 1 N–H and O–H groups in total. The van der Waals surface area contributed by atoms with Crippen LogP contribution in [0.15, 0.2) is 24.5 Å². The molecule has 0 unspecified atom stereocenters. The lowest BCUT2D eigenvalue weighted by Gasteiger charge is -2.00. The third-order valence-electron chi connectivity index (χ3n) is 1.45. The molecule has 0 spiro atoms. The summed E-state index contributed by atoms with van der Waals surface area (Å²) in [5.74, 6) is -0.0551. The van der Waals surface area contributed by atoms with E-state index in [0.717, 1.165) is 5.57 Å². The quantitative estimate of drug-likeness (QED) is 0.711. The molecule has 1 rings (SSSR count). The number of hydrogen-bond acceptors (Lipinski definition) is 2. The lowest BCUT2D eigenvalue weighted by molar-refractivity contribution is -0.115. The summed E-state index contributed by atoms with van der Waals surface area (Å²) in [6.07, 6.45) is 3.71. The zero-order valence-corrected chi connectivity index (χ0v) is 7.87. The molecule has 0 aromatic carbocycles. The fourth-order valence-corrected chi connectivity index (χ4v) is 0.965. The molecule has 1 amide bonds. The van der Waals surface area contributed by atoms with Crippen LogP contribution in [-0.2, 0) is 11.8 Å². The van der Waals surface area contributed by atoms with Crippen LogP contribution in [-0.4, -0.2) is 15.7 Å². The first kappa shape index (κ1) is 9.51. The van der Waals surface area contributed by atoms with Crippen LogP contribution in [0.4, 0.5) is 5.69 Å². The van der Waals surface area contributed by atoms with E-state index in [1.165, 1.54) is 0 Å². The Morgan fingerprint density at radius 3 is 2.92 bits per heavy atom. The molecule has 1 heterocycles. The first-order valence-electron chi connectivity index (χ1n) is 4.01. The van der Waals surface area contributed by atoms with Crippen molar-refractivity contribution in [2.24, 2.45) is 7.05 Å². The first-order valence-corrected chi connectivity index (χ1v) is 4.01. The van der Waals surface area contributed by atoms with Gasteiger partial charge in [-0.25, -0.2) is 0 Å². The Morgan fingerprint density at radius 1 is 1.77 bits per heavy atom. The maximum atomic E-state index is 11.2. The molecular formula is C9H13N3O. The van der Waals surface area contributed by atoms with Gasteiger partial charge in [0.25, 0.3) is 0 Å². The van der Waals surface area contributed by atoms with Gasteiger partial charge in [-0.3, -0.25) is 9.48 Å². The summed E-state index contributed by atoms with van der Waals surface area (Å²) in [5.41, 5.74) is 1.56. The molecule has 0 aliphatic heterocycles. The van der Waals surface area contributed by atoms with E-state index in [1.807, 2.05) is 6.92 Å². The summed E-state index contributed by atoms with van der Waals surface area (Å²) in [6.45, 7) is 5.48. The van der Waals surface area contributed by atoms with Gasteiger partial charge in [0.1, 0.15) is 0 Å². The van der Waals surface area contributed by atoms with Crippen molar-refractivity contribution in [1.82, 2.24) is 9.78 Å². The van der Waals surface area contributed by atoms with E-state index in [-0.39, 0.29) is 5.91 Å². The third kappa shape index (κ3) is 3.11. The van der Waals surface area contributed by atoms with Crippen molar-refractivity contribution in [2.45, 2.75) is 13.3 Å². The molecule has 0 aliphatic carbocycles. The summed E-state index contributed by atoms with van der Waals surface area (Å²) >= 11 is 0. The highest BCUT2D eigenvalue weighted by atomic mass is 16.1. The number of carbonyl (C=O) groups is 1. The number of carbonyl (C=O) groups excluding carboxylic acids is 1. The number of hydrogen-bond donors (Lipinski definition) is 1. The van der Waals surface area contributed by atoms with Gasteiger partial charge < -0.3 is 5.32 Å². The van der Waals surface area contributed by atoms with Gasteiger partial charge in [-0.2, -0.15) is 5.10 Å². The molecule has 0 atom stereocenters. The SMILES string of the molecule is C=C(C)CC(=O)Nc1cnn(C)c1. The Hall–Kier alpha value is -1.58. The minimum Gasteiger partial charge on any atom is -0.323 e. The summed E-state index contributed by atoms with van der Waals surface area (Å²) < 4.78 is 1.64. The van der Waals surface area contributed by atoms with Crippen molar-refractivity contribution < 1.29 is 4.79 Å². The van der Waals surface area contributed by atoms with Gasteiger partial charge in [-0.05, 0) is 6.92 Å². The van der Waals surface area contributed by atoms with Gasteiger partial charge in [0.05, 0.1) is 11.9 Å². The van der Waals surface area contributed by atoms with Gasteiger partial charge in [0.2, 0.25) is 5.91 Å². The Balaban J connectivity index is 2.50. The highest BCUT2D eigenvalue weighted by Gasteiger charge is 2.02. The van der Waals surface area contributed by atoms with Crippen LogP contribution in [0.3, 0.4) is 0 Å². The summed E-state index contributed by atoms with van der Waals surface area (Å²) in [7, 11) is 1.80. The van der Waals surface area contributed by atoms with E-state index in [0.29, 0.717) is 12.1 Å². The highest BCUT2D eigenvalue weighted by molar-refractivity contribution is 5.91. The Labute approximate surface area is 77.3 Å². The second-order valence-electron chi connectivity index (χ2n) is 3.08. The molecule has 0 bridgehead atoms. The van der Waals surface area contributed by atoms with Gasteiger partial charge in [0, 0.05) is 19.7 Å². The average Bonchev–Trinajstić information content (AvgIpc) is 2.33. The fraction of sp³-hybridized carbons (Fsp3) is 0.333. The summed E-state index contributed by atoms with van der Waals surface area (Å²) in [6, 6.07) is 0. The molecule has 0 saturated heterocycles. The molecule has 1 aromatic heterocycles. The minimum absolute atomic E-state index is 0.0551. The molecule has 4 nitrogen and oxygen atoms in total. The second-order valence-corrected chi connectivity index (χ2v) is 3.08. The van der Waals surface area contributed by atoms with E-state index < -0.39 is 0 Å². The van der Waals surface area contributed by atoms with Crippen LogP contribution in [0.5, 0.6) is 0 Å². The van der Waals surface area contributed by atoms with Crippen LogP contribution in [0.25, 0.3) is 0 Å². The van der Waals surface area contributed by atoms with Crippen LogP contribution >= 0.6 is 0 Å². The topological polar surface area (TPSA) is 46.9 Å². The van der Waals surface area contributed by atoms with Crippen molar-refractivity contribution in [3.05, 3.63) is 24.5 Å². The van der Waals surface area contributed by atoms with E-state index in [4.69, 9.17) is 0 Å². The Morgan fingerprint density at radius 2 is 2.46 bits per heavy atom. The predicted octanol–water partition coefficient (Wildman–Crippen LogP) is 1.32. The number of amides is 1. The van der Waals surface area contributed by atoms with Gasteiger partial charge in [0.15, 0.2) is 0 Å². The average molecular weight is 179 g/mol. The lowest BCUT2D eigenvalue weighted by Crippen LogP contribution is -2.10. The Bertz CT molecular complexity index is 327. The first-order chi connectivity index (χ1) is 6.08. The van der Waals surface area contributed by atoms with Crippen LogP contribution in [0.1, 0.15) is 13.3 Å². The number of rotatable bonds is 3. The van der Waals surface area contributed by atoms with Gasteiger partial charge >= 0.3 is 0 Å². The van der Waals surface area contributed by atoms with E-state index >= 15 is 0 Å². The molecule has 13 heavy (non-hydrogen) atoms. The number of anilines is 1. The molecule has 0 fully saturated rings. The van der Waals surface area contributed by atoms with Crippen LogP contribution in [0, 0.1) is 0 Å². The van der Waals surface area contributed by atoms with E-state index in [9.17, 15) is 4.79 Å². The monoisotopic (exact) mass is 179 g/mol. The van der Waals surface area contributed by atoms with Crippen molar-refractivity contribution in [3.8, 4) is 0 Å². The summed E-state index contributed by atoms with van der Waals surface area (Å²) in [5, 5.41) is 6.64. The molecule has 4 heteroatoms. The van der Waals surface area contributed by atoms with Crippen LogP contribution in [0.2, 0.25) is 0 Å². The number of aromatic nitrogens is 2. The lowest BCUT2D eigenvalue weighted by atomic mass is 10.2. The van der Waals surface area contributed by atoms with Crippen molar-refractivity contribution in [1.29, 1.82) is 0 Å². The van der Waals surface area contributed by atoms with Crippen molar-refractivity contribution >= 4 is 11.6 Å². The maximum absolute atomic E-state index is 11.2. The maximum Gasteiger partial charge on any atom is 0.228 e. The standard InChI is InChI=1S/C9H13N3O/c1-7(2)4-9(13)11-8-5-10-12(3)6-8/h5-6H,1,4H2,2-3H3,(H,11,13). The molecule has 0 saturated carbocycles. The molecule has 70 valence electrons. The molecule has 0 aliphatic rings. The smallest absolute Gasteiger partial charge is 0.228 e. The normalized spacial score (nSPS) is 9.69. The van der Waals surface area contributed by atoms with Crippen molar-refractivity contribution in [3.63, 3.8) is 0 Å². The van der Waals surface area contributed by atoms with Gasteiger partial charge in [-0.15, -0.1) is 0 Å². The van der Waals surface area contributed by atoms with E-state index in [1.54, 1.807) is 24.1 Å². The molecular weight excluding hydrogens is 166 g/mol. The largest absolute Gasteiger partial charge is 0.323 e. The predicted molar refractivity (Wildman–Crippen MR) is 51.3 cm³/mol. The second kappa shape index (κ2) is 3.89. The molecule has 1 aromatic rings. The number of nitrogens with zero attached hydrogens (tertiary/aromatic N) is 2. The zero-order valence-electron chi connectivity index (χ0n) is 7.87. The third-order valence-corrected chi connectivity index (χ3v) is 1.45. The Kier molecular flexibility index (Phi) is 2.84. The van der Waals surface area contributed by atoms with E-state index in [2.05, 4.69) is 17.0 Å². The zero-order chi connectivity index (χ0) is 9.84. The fourth-order valence-electron chi connectivity index (χ4n) is 0.965. The number of aryl methyl sites for hydroxylation is 1. The van der Waals surface area contributed by atoms with Gasteiger partial charge in [-0.1, -0.05) is 12.2 Å². The number of nitrogens with one attached hydrogen (secondary N) is 1.